The Hall–Kier alpha value is -0.830. The lowest BCUT2D eigenvalue weighted by Crippen LogP contribution is -2.31. The lowest BCUT2D eigenvalue weighted by atomic mass is 10.2. The van der Waals surface area contributed by atoms with Crippen LogP contribution < -0.4 is 0 Å². The molecule has 3 rings (SSSR count). The van der Waals surface area contributed by atoms with Gasteiger partial charge in [-0.05, 0) is 25.3 Å². The smallest absolute Gasteiger partial charge is 0.0658 e. The van der Waals surface area contributed by atoms with Crippen LogP contribution >= 0.6 is 0 Å². The summed E-state index contributed by atoms with van der Waals surface area (Å²) >= 11 is 0. The van der Waals surface area contributed by atoms with Crippen LogP contribution in [0, 0.1) is 0 Å². The number of nitrogens with zero attached hydrogens (tertiary/aromatic N) is 3. The van der Waals surface area contributed by atoms with Crippen LogP contribution in [0.25, 0.3) is 0 Å². The van der Waals surface area contributed by atoms with Gasteiger partial charge in [-0.2, -0.15) is 5.10 Å². The average molecular weight is 205 g/mol. The Labute approximate surface area is 91.1 Å². The Morgan fingerprint density at radius 1 is 1.07 bits per heavy atom. The number of likely N-dealkylation sites (tertiary alicyclic amines) is 1. The van der Waals surface area contributed by atoms with Gasteiger partial charge in [0.1, 0.15) is 0 Å². The van der Waals surface area contributed by atoms with Crippen molar-refractivity contribution in [2.24, 2.45) is 0 Å². The molecule has 1 unspecified atom stereocenters. The van der Waals surface area contributed by atoms with Crippen molar-refractivity contribution in [3.05, 3.63) is 18.5 Å². The monoisotopic (exact) mass is 205 g/mol. The lowest BCUT2D eigenvalue weighted by Gasteiger charge is -2.23. The summed E-state index contributed by atoms with van der Waals surface area (Å²) in [6.45, 7) is 2.49. The van der Waals surface area contributed by atoms with Gasteiger partial charge >= 0.3 is 0 Å². The summed E-state index contributed by atoms with van der Waals surface area (Å²) in [4.78, 5) is 2.68. The minimum atomic E-state index is 0.626. The molecule has 1 saturated heterocycles. The Morgan fingerprint density at radius 2 is 1.93 bits per heavy atom. The second-order valence-electron chi connectivity index (χ2n) is 4.86. The van der Waals surface area contributed by atoms with E-state index in [-0.39, 0.29) is 0 Å². The van der Waals surface area contributed by atoms with E-state index < -0.39 is 0 Å². The van der Waals surface area contributed by atoms with Gasteiger partial charge in [0.15, 0.2) is 0 Å². The maximum atomic E-state index is 4.35. The zero-order valence-corrected chi connectivity index (χ0v) is 9.18. The topological polar surface area (TPSA) is 21.1 Å². The third-order valence-corrected chi connectivity index (χ3v) is 3.93. The minimum Gasteiger partial charge on any atom is -0.298 e. The first-order valence-corrected chi connectivity index (χ1v) is 6.16. The van der Waals surface area contributed by atoms with Crippen LogP contribution in [-0.2, 0) is 0 Å². The standard InChI is InChI=1S/C12H19N3/c1-2-5-11(4-1)14-9-6-12(10-14)15-8-3-7-13-15/h3,7-8,11-12H,1-2,4-6,9-10H2. The van der Waals surface area contributed by atoms with E-state index in [1.165, 1.54) is 45.2 Å². The summed E-state index contributed by atoms with van der Waals surface area (Å²) in [5.74, 6) is 0. The maximum Gasteiger partial charge on any atom is 0.0658 e. The Morgan fingerprint density at radius 3 is 2.67 bits per heavy atom. The molecule has 2 heterocycles. The highest BCUT2D eigenvalue weighted by Crippen LogP contribution is 2.29. The molecule has 0 radical (unpaired) electrons. The fraction of sp³-hybridized carbons (Fsp3) is 0.750. The Kier molecular flexibility index (Phi) is 2.49. The van der Waals surface area contributed by atoms with Gasteiger partial charge in [-0.1, -0.05) is 12.8 Å². The maximum absolute atomic E-state index is 4.35. The van der Waals surface area contributed by atoms with Gasteiger partial charge in [-0.3, -0.25) is 9.58 Å². The fourth-order valence-electron chi connectivity index (χ4n) is 3.08. The quantitative estimate of drug-likeness (QED) is 0.737. The predicted molar refractivity (Wildman–Crippen MR) is 59.7 cm³/mol. The van der Waals surface area contributed by atoms with Crippen LogP contribution in [0.1, 0.15) is 38.1 Å². The van der Waals surface area contributed by atoms with Crippen molar-refractivity contribution in [3.8, 4) is 0 Å². The zero-order valence-electron chi connectivity index (χ0n) is 9.18. The van der Waals surface area contributed by atoms with E-state index in [2.05, 4.69) is 20.9 Å². The van der Waals surface area contributed by atoms with Gasteiger partial charge in [-0.15, -0.1) is 0 Å². The summed E-state index contributed by atoms with van der Waals surface area (Å²) in [6, 6.07) is 3.53. The molecule has 2 aliphatic rings. The van der Waals surface area contributed by atoms with E-state index in [9.17, 15) is 0 Å². The fourth-order valence-corrected chi connectivity index (χ4v) is 3.08. The third-order valence-electron chi connectivity index (χ3n) is 3.93. The first-order valence-electron chi connectivity index (χ1n) is 6.16. The van der Waals surface area contributed by atoms with Crippen molar-refractivity contribution in [3.63, 3.8) is 0 Å². The molecule has 0 amide bonds. The highest BCUT2D eigenvalue weighted by Gasteiger charge is 2.30. The van der Waals surface area contributed by atoms with Gasteiger partial charge in [0.05, 0.1) is 6.04 Å². The van der Waals surface area contributed by atoms with Crippen LogP contribution in [-0.4, -0.2) is 33.8 Å². The van der Waals surface area contributed by atoms with E-state index in [4.69, 9.17) is 0 Å². The van der Waals surface area contributed by atoms with Gasteiger partial charge < -0.3 is 0 Å². The molecule has 82 valence electrons. The summed E-state index contributed by atoms with van der Waals surface area (Å²) in [5.41, 5.74) is 0. The molecule has 0 spiro atoms. The number of rotatable bonds is 2. The second-order valence-corrected chi connectivity index (χ2v) is 4.86. The first kappa shape index (κ1) is 9.40. The van der Waals surface area contributed by atoms with Gasteiger partial charge in [0.25, 0.3) is 0 Å². The SMILES string of the molecule is c1cnn(C2CCN(C3CCCC3)C2)c1. The molecule has 2 fully saturated rings. The Bertz CT molecular complexity index is 301. The van der Waals surface area contributed by atoms with Crippen molar-refractivity contribution >= 4 is 0 Å². The summed E-state index contributed by atoms with van der Waals surface area (Å²) in [5, 5.41) is 4.35. The average Bonchev–Trinajstić information content (AvgIpc) is 3.02. The molecule has 0 N–H and O–H groups in total. The molecule has 1 atom stereocenters. The minimum absolute atomic E-state index is 0.626. The van der Waals surface area contributed by atoms with Crippen LogP contribution in [0.4, 0.5) is 0 Å². The number of hydrogen-bond donors (Lipinski definition) is 0. The van der Waals surface area contributed by atoms with E-state index in [1.807, 2.05) is 12.3 Å². The molecule has 1 aliphatic carbocycles. The molecule has 3 nitrogen and oxygen atoms in total. The molecular formula is C12H19N3. The summed E-state index contributed by atoms with van der Waals surface area (Å²) in [7, 11) is 0. The molecule has 1 aromatic rings. The predicted octanol–water partition coefficient (Wildman–Crippen LogP) is 2.07. The Balaban J connectivity index is 1.63. The zero-order chi connectivity index (χ0) is 10.1. The van der Waals surface area contributed by atoms with Crippen LogP contribution in [0.15, 0.2) is 18.5 Å². The van der Waals surface area contributed by atoms with Gasteiger partial charge in [0.2, 0.25) is 0 Å². The second kappa shape index (κ2) is 3.97. The van der Waals surface area contributed by atoms with Gasteiger partial charge in [-0.25, -0.2) is 0 Å². The largest absolute Gasteiger partial charge is 0.298 e. The third kappa shape index (κ3) is 1.81. The van der Waals surface area contributed by atoms with Gasteiger partial charge in [0, 0.05) is 31.5 Å². The normalized spacial score (nSPS) is 28.9. The number of hydrogen-bond acceptors (Lipinski definition) is 2. The van der Waals surface area contributed by atoms with E-state index in [0.717, 1.165) is 6.04 Å². The van der Waals surface area contributed by atoms with Crippen LogP contribution in [0.5, 0.6) is 0 Å². The van der Waals surface area contributed by atoms with E-state index in [1.54, 1.807) is 0 Å². The van der Waals surface area contributed by atoms with E-state index >= 15 is 0 Å². The van der Waals surface area contributed by atoms with Crippen LogP contribution in [0.2, 0.25) is 0 Å². The van der Waals surface area contributed by atoms with Crippen molar-refractivity contribution < 1.29 is 0 Å². The first-order chi connectivity index (χ1) is 7.43. The lowest BCUT2D eigenvalue weighted by molar-refractivity contribution is 0.235. The molecule has 1 aromatic heterocycles. The van der Waals surface area contributed by atoms with Crippen molar-refractivity contribution in [1.29, 1.82) is 0 Å². The van der Waals surface area contributed by atoms with E-state index in [0.29, 0.717) is 6.04 Å². The highest BCUT2D eigenvalue weighted by molar-refractivity contribution is 4.89. The van der Waals surface area contributed by atoms with Crippen molar-refractivity contribution in [2.45, 2.75) is 44.2 Å². The molecule has 15 heavy (non-hydrogen) atoms. The summed E-state index contributed by atoms with van der Waals surface area (Å²) < 4.78 is 2.13. The highest BCUT2D eigenvalue weighted by atomic mass is 15.3. The molecule has 0 aromatic carbocycles. The van der Waals surface area contributed by atoms with Crippen molar-refractivity contribution in [1.82, 2.24) is 14.7 Å². The summed E-state index contributed by atoms with van der Waals surface area (Å²) in [6.07, 6.45) is 11.0. The number of aromatic nitrogens is 2. The molecule has 1 aliphatic heterocycles. The molecule has 0 bridgehead atoms. The van der Waals surface area contributed by atoms with Crippen molar-refractivity contribution in [2.75, 3.05) is 13.1 Å². The molecule has 3 heteroatoms. The van der Waals surface area contributed by atoms with Crippen LogP contribution in [0.3, 0.4) is 0 Å². The molecular weight excluding hydrogens is 186 g/mol. The molecule has 1 saturated carbocycles.